The molecule has 0 saturated carbocycles. The van der Waals surface area contributed by atoms with Crippen LogP contribution in [0.4, 0.5) is 0 Å². The number of benzene rings is 2. The second kappa shape index (κ2) is 7.78. The number of methoxy groups -OCH3 is 2. The molecule has 29 heavy (non-hydrogen) atoms. The molecule has 0 N–H and O–H groups in total. The summed E-state index contributed by atoms with van der Waals surface area (Å²) in [5, 5.41) is 5.51. The standard InChI is InChI=1S/C20H20N2O7/c1-12(23)22-20(15-8-13(24-2)4-6-16(15)25-3)29-19(21-22)10-26-14-5-7-17-18(9-14)28-11-27-17/h4-9,20H,10-11H2,1-3H3/t20-/m0/s1. The van der Waals surface area contributed by atoms with E-state index in [0.29, 0.717) is 34.3 Å². The number of hydrogen-bond donors (Lipinski definition) is 0. The van der Waals surface area contributed by atoms with Crippen LogP contribution in [0.3, 0.4) is 0 Å². The summed E-state index contributed by atoms with van der Waals surface area (Å²) in [6.45, 7) is 1.63. The second-order valence-electron chi connectivity index (χ2n) is 6.24. The lowest BCUT2D eigenvalue weighted by molar-refractivity contribution is -0.135. The average Bonchev–Trinajstić information content (AvgIpc) is 3.38. The van der Waals surface area contributed by atoms with Crippen LogP contribution < -0.4 is 23.7 Å². The summed E-state index contributed by atoms with van der Waals surface area (Å²) in [5.41, 5.74) is 0.615. The Morgan fingerprint density at radius 2 is 1.90 bits per heavy atom. The fourth-order valence-electron chi connectivity index (χ4n) is 3.01. The van der Waals surface area contributed by atoms with Crippen molar-refractivity contribution >= 4 is 11.8 Å². The maximum Gasteiger partial charge on any atom is 0.247 e. The smallest absolute Gasteiger partial charge is 0.247 e. The third-order valence-corrected chi connectivity index (χ3v) is 4.42. The molecule has 0 saturated heterocycles. The Labute approximate surface area is 167 Å². The van der Waals surface area contributed by atoms with Crippen LogP contribution in [0.1, 0.15) is 18.7 Å². The van der Waals surface area contributed by atoms with E-state index in [0.717, 1.165) is 0 Å². The summed E-state index contributed by atoms with van der Waals surface area (Å²) in [5.74, 6) is 2.98. The Kier molecular flexibility index (Phi) is 5.03. The summed E-state index contributed by atoms with van der Waals surface area (Å²) >= 11 is 0. The fourth-order valence-corrected chi connectivity index (χ4v) is 3.01. The molecule has 2 aromatic carbocycles. The van der Waals surface area contributed by atoms with Crippen molar-refractivity contribution in [2.45, 2.75) is 13.2 Å². The molecule has 0 bridgehead atoms. The van der Waals surface area contributed by atoms with Crippen LogP contribution >= 0.6 is 0 Å². The highest BCUT2D eigenvalue weighted by atomic mass is 16.7. The van der Waals surface area contributed by atoms with E-state index in [4.69, 9.17) is 28.4 Å². The first-order valence-corrected chi connectivity index (χ1v) is 8.87. The van der Waals surface area contributed by atoms with Crippen LogP contribution in [0.15, 0.2) is 41.5 Å². The number of ether oxygens (including phenoxy) is 6. The number of fused-ring (bicyclic) bond motifs is 1. The lowest BCUT2D eigenvalue weighted by atomic mass is 10.1. The summed E-state index contributed by atoms with van der Waals surface area (Å²) < 4.78 is 33.0. The number of hydrazone groups is 1. The highest BCUT2D eigenvalue weighted by Gasteiger charge is 2.35. The maximum absolute atomic E-state index is 12.1. The molecule has 9 heteroatoms. The van der Waals surface area contributed by atoms with Gasteiger partial charge in [-0.25, -0.2) is 0 Å². The van der Waals surface area contributed by atoms with Crippen molar-refractivity contribution in [1.29, 1.82) is 0 Å². The SMILES string of the molecule is COc1ccc(OC)c([C@@H]2OC(COc3ccc4c(c3)OCO4)=NN2C(C)=O)c1. The molecule has 9 nitrogen and oxygen atoms in total. The highest BCUT2D eigenvalue weighted by molar-refractivity contribution is 5.84. The largest absolute Gasteiger partial charge is 0.497 e. The van der Waals surface area contributed by atoms with Crippen LogP contribution in [0, 0.1) is 0 Å². The number of carbonyl (C=O) groups excluding carboxylic acids is 1. The monoisotopic (exact) mass is 400 g/mol. The third-order valence-electron chi connectivity index (χ3n) is 4.42. The van der Waals surface area contributed by atoms with Gasteiger partial charge < -0.3 is 28.4 Å². The molecule has 0 unspecified atom stereocenters. The maximum atomic E-state index is 12.1. The minimum Gasteiger partial charge on any atom is -0.497 e. The van der Waals surface area contributed by atoms with E-state index in [9.17, 15) is 4.79 Å². The van der Waals surface area contributed by atoms with E-state index >= 15 is 0 Å². The first-order valence-electron chi connectivity index (χ1n) is 8.87. The van der Waals surface area contributed by atoms with Crippen LogP contribution in [-0.4, -0.2) is 44.4 Å². The van der Waals surface area contributed by atoms with Gasteiger partial charge in [-0.05, 0) is 30.3 Å². The molecule has 0 radical (unpaired) electrons. The average molecular weight is 400 g/mol. The van der Waals surface area contributed by atoms with Gasteiger partial charge in [-0.3, -0.25) is 4.79 Å². The Balaban J connectivity index is 1.52. The third kappa shape index (κ3) is 3.71. The zero-order valence-electron chi connectivity index (χ0n) is 16.2. The normalized spacial score (nSPS) is 16.9. The second-order valence-corrected chi connectivity index (χ2v) is 6.24. The topological polar surface area (TPSA) is 88.1 Å². The molecule has 2 aromatic rings. The van der Waals surface area contributed by atoms with Gasteiger partial charge >= 0.3 is 0 Å². The summed E-state index contributed by atoms with van der Waals surface area (Å²) in [6.07, 6.45) is -0.784. The molecule has 0 fully saturated rings. The van der Waals surface area contributed by atoms with E-state index in [1.165, 1.54) is 11.9 Å². The molecular formula is C20H20N2O7. The molecule has 1 atom stereocenters. The molecule has 0 spiro atoms. The lowest BCUT2D eigenvalue weighted by Gasteiger charge is -2.21. The summed E-state index contributed by atoms with van der Waals surface area (Å²) in [7, 11) is 3.11. The van der Waals surface area contributed by atoms with Gasteiger partial charge in [-0.1, -0.05) is 0 Å². The number of rotatable bonds is 6. The Bertz CT molecular complexity index is 960. The number of hydrogen-bond acceptors (Lipinski definition) is 8. The predicted octanol–water partition coefficient (Wildman–Crippen LogP) is 2.70. The van der Waals surface area contributed by atoms with Crippen LogP contribution in [0.25, 0.3) is 0 Å². The van der Waals surface area contributed by atoms with Crippen molar-refractivity contribution in [3.05, 3.63) is 42.0 Å². The van der Waals surface area contributed by atoms with Crippen molar-refractivity contribution in [3.8, 4) is 28.7 Å². The van der Waals surface area contributed by atoms with Crippen molar-refractivity contribution in [3.63, 3.8) is 0 Å². The molecule has 1 amide bonds. The zero-order valence-corrected chi connectivity index (χ0v) is 16.2. The van der Waals surface area contributed by atoms with Crippen molar-refractivity contribution in [2.75, 3.05) is 27.6 Å². The van der Waals surface area contributed by atoms with Gasteiger partial charge in [0.05, 0.1) is 19.8 Å². The van der Waals surface area contributed by atoms with Crippen molar-refractivity contribution < 1.29 is 33.2 Å². The summed E-state index contributed by atoms with van der Waals surface area (Å²) in [6, 6.07) is 10.5. The molecule has 0 aliphatic carbocycles. The van der Waals surface area contributed by atoms with Gasteiger partial charge in [0, 0.05) is 13.0 Å². The lowest BCUT2D eigenvalue weighted by Crippen LogP contribution is -2.25. The molecule has 4 rings (SSSR count). The predicted molar refractivity (Wildman–Crippen MR) is 101 cm³/mol. The molecule has 2 heterocycles. The van der Waals surface area contributed by atoms with Crippen LogP contribution in [0.2, 0.25) is 0 Å². The Hall–Kier alpha value is -3.62. The van der Waals surface area contributed by atoms with Crippen LogP contribution in [-0.2, 0) is 9.53 Å². The van der Waals surface area contributed by atoms with E-state index < -0.39 is 6.23 Å². The number of carbonyl (C=O) groups is 1. The minimum atomic E-state index is -0.784. The van der Waals surface area contributed by atoms with Crippen molar-refractivity contribution in [2.24, 2.45) is 5.10 Å². The van der Waals surface area contributed by atoms with Gasteiger partial charge in [0.2, 0.25) is 24.8 Å². The van der Waals surface area contributed by atoms with Crippen molar-refractivity contribution in [1.82, 2.24) is 5.01 Å². The first kappa shape index (κ1) is 18.7. The van der Waals surface area contributed by atoms with Gasteiger partial charge in [0.15, 0.2) is 18.1 Å². The molecular weight excluding hydrogens is 380 g/mol. The van der Waals surface area contributed by atoms with Crippen LogP contribution in [0.5, 0.6) is 28.7 Å². The first-order chi connectivity index (χ1) is 14.1. The van der Waals surface area contributed by atoms with E-state index in [1.54, 1.807) is 50.6 Å². The summed E-state index contributed by atoms with van der Waals surface area (Å²) in [4.78, 5) is 12.1. The minimum absolute atomic E-state index is 0.0339. The van der Waals surface area contributed by atoms with E-state index in [-0.39, 0.29) is 25.2 Å². The van der Waals surface area contributed by atoms with Gasteiger partial charge in [-0.2, -0.15) is 5.01 Å². The molecule has 0 aromatic heterocycles. The zero-order chi connectivity index (χ0) is 20.4. The van der Waals surface area contributed by atoms with E-state index in [2.05, 4.69) is 5.10 Å². The quantitative estimate of drug-likeness (QED) is 0.737. The van der Waals surface area contributed by atoms with E-state index in [1.807, 2.05) is 0 Å². The Morgan fingerprint density at radius 3 is 2.66 bits per heavy atom. The van der Waals surface area contributed by atoms with Gasteiger partial charge in [0.25, 0.3) is 0 Å². The fraction of sp³-hybridized carbons (Fsp3) is 0.300. The van der Waals surface area contributed by atoms with Gasteiger partial charge in [0.1, 0.15) is 17.2 Å². The van der Waals surface area contributed by atoms with Gasteiger partial charge in [-0.15, -0.1) is 5.10 Å². The molecule has 2 aliphatic rings. The number of amides is 1. The molecule has 152 valence electrons. The molecule has 2 aliphatic heterocycles. The number of nitrogens with zero attached hydrogens (tertiary/aromatic N) is 2. The Morgan fingerprint density at radius 1 is 1.10 bits per heavy atom. The highest BCUT2D eigenvalue weighted by Crippen LogP contribution is 2.37.